The molecular formula is C12H25N7O. The molecule has 3 N–H and O–H groups in total. The third kappa shape index (κ3) is 5.54. The topological polar surface area (TPSA) is 92.4 Å². The molecule has 1 aromatic rings. The van der Waals surface area contributed by atoms with Gasteiger partial charge in [0.2, 0.25) is 11.9 Å². The maximum Gasteiger partial charge on any atom is 0.323 e. The second-order valence-electron chi connectivity index (χ2n) is 5.13. The molecule has 8 nitrogen and oxygen atoms in total. The van der Waals surface area contributed by atoms with Crippen LogP contribution in [-0.2, 0) is 0 Å². The lowest BCUT2D eigenvalue weighted by molar-refractivity contribution is 0.222. The highest BCUT2D eigenvalue weighted by Crippen LogP contribution is 2.14. The van der Waals surface area contributed by atoms with E-state index in [9.17, 15) is 0 Å². The van der Waals surface area contributed by atoms with Gasteiger partial charge in [0.15, 0.2) is 0 Å². The van der Waals surface area contributed by atoms with Gasteiger partial charge in [0.05, 0.1) is 6.10 Å². The summed E-state index contributed by atoms with van der Waals surface area (Å²) in [5.74, 6) is 6.22. The third-order valence-electron chi connectivity index (χ3n) is 2.51. The molecule has 0 aromatic carbocycles. The number of hydrogen-bond donors (Lipinski definition) is 2. The van der Waals surface area contributed by atoms with Gasteiger partial charge in [-0.3, -0.25) is 5.43 Å². The zero-order valence-corrected chi connectivity index (χ0v) is 12.9. The second-order valence-corrected chi connectivity index (χ2v) is 5.13. The molecule has 1 rings (SSSR count). The smallest absolute Gasteiger partial charge is 0.323 e. The number of nitrogens with one attached hydrogen (secondary N) is 1. The summed E-state index contributed by atoms with van der Waals surface area (Å²) in [5.41, 5.74) is 2.43. The Morgan fingerprint density at radius 2 is 1.85 bits per heavy atom. The van der Waals surface area contributed by atoms with Crippen LogP contribution in [0.25, 0.3) is 0 Å². The molecule has 0 amide bonds. The summed E-state index contributed by atoms with van der Waals surface area (Å²) in [5, 5.41) is 0. The standard InChI is InChI=1S/C12H25N7O/c1-9(2)20-12-15-10(17-13)14-11(16-12)19(5)8-6-7-18(3)4/h9H,6-8,13H2,1-5H3,(H,14,15,16,17). The summed E-state index contributed by atoms with van der Waals surface area (Å²) in [4.78, 5) is 16.7. The quantitative estimate of drug-likeness (QED) is 0.521. The van der Waals surface area contributed by atoms with Crippen LogP contribution < -0.4 is 20.9 Å². The molecule has 0 aliphatic heterocycles. The molecule has 0 atom stereocenters. The average Bonchev–Trinajstić information content (AvgIpc) is 2.36. The molecule has 1 heterocycles. The highest BCUT2D eigenvalue weighted by atomic mass is 16.5. The van der Waals surface area contributed by atoms with E-state index in [-0.39, 0.29) is 12.1 Å². The van der Waals surface area contributed by atoms with Gasteiger partial charge in [0.1, 0.15) is 0 Å². The van der Waals surface area contributed by atoms with Crippen molar-refractivity contribution in [3.8, 4) is 6.01 Å². The van der Waals surface area contributed by atoms with Gasteiger partial charge >= 0.3 is 6.01 Å². The highest BCUT2D eigenvalue weighted by molar-refractivity contribution is 5.36. The maximum absolute atomic E-state index is 5.50. The van der Waals surface area contributed by atoms with Crippen LogP contribution in [0.3, 0.4) is 0 Å². The molecule has 0 aliphatic carbocycles. The first kappa shape index (κ1) is 16.4. The SMILES string of the molecule is CC(C)Oc1nc(NN)nc(N(C)CCCN(C)C)n1. The van der Waals surface area contributed by atoms with Gasteiger partial charge < -0.3 is 14.5 Å². The Bertz CT molecular complexity index is 411. The fourth-order valence-electron chi connectivity index (χ4n) is 1.57. The molecule has 0 spiro atoms. The molecule has 0 unspecified atom stereocenters. The molecule has 0 saturated carbocycles. The van der Waals surface area contributed by atoms with E-state index in [4.69, 9.17) is 10.6 Å². The van der Waals surface area contributed by atoms with E-state index >= 15 is 0 Å². The van der Waals surface area contributed by atoms with Gasteiger partial charge in [-0.25, -0.2) is 5.84 Å². The van der Waals surface area contributed by atoms with E-state index in [2.05, 4.69) is 25.3 Å². The van der Waals surface area contributed by atoms with Crippen LogP contribution in [0, 0.1) is 0 Å². The Hall–Kier alpha value is -1.67. The van der Waals surface area contributed by atoms with E-state index in [1.54, 1.807) is 0 Å². The summed E-state index contributed by atoms with van der Waals surface area (Å²) in [6.07, 6.45) is 1.01. The van der Waals surface area contributed by atoms with Crippen molar-refractivity contribution in [1.82, 2.24) is 19.9 Å². The van der Waals surface area contributed by atoms with Crippen LogP contribution in [0.5, 0.6) is 6.01 Å². The first-order valence-electron chi connectivity index (χ1n) is 6.67. The minimum absolute atomic E-state index is 0.00470. The largest absolute Gasteiger partial charge is 0.461 e. The number of hydrogen-bond acceptors (Lipinski definition) is 8. The number of hydrazine groups is 1. The second kappa shape index (κ2) is 7.81. The van der Waals surface area contributed by atoms with Crippen molar-refractivity contribution in [1.29, 1.82) is 0 Å². The van der Waals surface area contributed by atoms with Gasteiger partial charge in [0, 0.05) is 13.6 Å². The van der Waals surface area contributed by atoms with Gasteiger partial charge in [-0.1, -0.05) is 0 Å². The zero-order chi connectivity index (χ0) is 15.1. The average molecular weight is 283 g/mol. The Morgan fingerprint density at radius 1 is 1.15 bits per heavy atom. The summed E-state index contributed by atoms with van der Waals surface area (Å²) >= 11 is 0. The zero-order valence-electron chi connectivity index (χ0n) is 12.9. The fourth-order valence-corrected chi connectivity index (χ4v) is 1.57. The normalized spacial score (nSPS) is 11.0. The first-order valence-corrected chi connectivity index (χ1v) is 6.67. The van der Waals surface area contributed by atoms with Gasteiger partial charge in [-0.15, -0.1) is 0 Å². The summed E-state index contributed by atoms with van der Waals surface area (Å²) in [7, 11) is 6.03. The predicted octanol–water partition coefficient (Wildman–Crippen LogP) is 0.332. The van der Waals surface area contributed by atoms with E-state index in [0.717, 1.165) is 19.5 Å². The van der Waals surface area contributed by atoms with Gasteiger partial charge in [-0.2, -0.15) is 15.0 Å². The van der Waals surface area contributed by atoms with E-state index in [1.807, 2.05) is 39.9 Å². The number of ether oxygens (including phenoxy) is 1. The molecule has 8 heteroatoms. The van der Waals surface area contributed by atoms with Crippen LogP contribution >= 0.6 is 0 Å². The minimum Gasteiger partial charge on any atom is -0.461 e. The Balaban J connectivity index is 2.76. The fraction of sp³-hybridized carbons (Fsp3) is 0.750. The van der Waals surface area contributed by atoms with E-state index < -0.39 is 0 Å². The summed E-state index contributed by atoms with van der Waals surface area (Å²) in [6.45, 7) is 5.68. The molecular weight excluding hydrogens is 258 g/mol. The molecule has 0 radical (unpaired) electrons. The monoisotopic (exact) mass is 283 g/mol. The Labute approximate surface area is 120 Å². The van der Waals surface area contributed by atoms with Crippen molar-refractivity contribution in [3.05, 3.63) is 0 Å². The molecule has 1 aromatic heterocycles. The molecule has 0 aliphatic rings. The van der Waals surface area contributed by atoms with Crippen molar-refractivity contribution in [3.63, 3.8) is 0 Å². The Morgan fingerprint density at radius 3 is 2.40 bits per heavy atom. The lowest BCUT2D eigenvalue weighted by Gasteiger charge is -2.19. The van der Waals surface area contributed by atoms with Crippen LogP contribution in [0.15, 0.2) is 0 Å². The van der Waals surface area contributed by atoms with Crippen LogP contribution in [-0.4, -0.2) is 60.2 Å². The van der Waals surface area contributed by atoms with Gasteiger partial charge in [0.25, 0.3) is 0 Å². The highest BCUT2D eigenvalue weighted by Gasteiger charge is 2.11. The van der Waals surface area contributed by atoms with Crippen molar-refractivity contribution < 1.29 is 4.74 Å². The first-order chi connectivity index (χ1) is 9.42. The van der Waals surface area contributed by atoms with Crippen molar-refractivity contribution in [2.75, 3.05) is 44.6 Å². The lowest BCUT2D eigenvalue weighted by atomic mass is 10.4. The molecule has 0 bridgehead atoms. The number of nitrogen functional groups attached to an aromatic ring is 1. The number of nitrogens with zero attached hydrogens (tertiary/aromatic N) is 5. The van der Waals surface area contributed by atoms with Gasteiger partial charge in [-0.05, 0) is 40.9 Å². The summed E-state index contributed by atoms with van der Waals surface area (Å²) in [6, 6.07) is 0.275. The van der Waals surface area contributed by atoms with Crippen molar-refractivity contribution in [2.45, 2.75) is 26.4 Å². The van der Waals surface area contributed by atoms with E-state index in [1.165, 1.54) is 0 Å². The number of aromatic nitrogens is 3. The van der Waals surface area contributed by atoms with Crippen molar-refractivity contribution in [2.24, 2.45) is 5.84 Å². The molecule has 0 saturated heterocycles. The minimum atomic E-state index is -0.00470. The molecule has 20 heavy (non-hydrogen) atoms. The number of rotatable bonds is 8. The number of nitrogens with two attached hydrogens (primary N) is 1. The van der Waals surface area contributed by atoms with E-state index in [0.29, 0.717) is 11.9 Å². The summed E-state index contributed by atoms with van der Waals surface area (Å²) < 4.78 is 5.50. The Kier molecular flexibility index (Phi) is 6.40. The lowest BCUT2D eigenvalue weighted by Crippen LogP contribution is -2.26. The molecule has 0 fully saturated rings. The maximum atomic E-state index is 5.50. The van der Waals surface area contributed by atoms with Crippen molar-refractivity contribution >= 4 is 11.9 Å². The molecule has 114 valence electrons. The number of anilines is 2. The predicted molar refractivity (Wildman–Crippen MR) is 79.8 cm³/mol. The third-order valence-corrected chi connectivity index (χ3v) is 2.51. The van der Waals surface area contributed by atoms with Crippen LogP contribution in [0.1, 0.15) is 20.3 Å². The van der Waals surface area contributed by atoms with Crippen LogP contribution in [0.4, 0.5) is 11.9 Å². The van der Waals surface area contributed by atoms with Crippen LogP contribution in [0.2, 0.25) is 0 Å².